The Hall–Kier alpha value is -2.78. The largest absolute Gasteiger partial charge is 0.476 e. The summed E-state index contributed by atoms with van der Waals surface area (Å²) in [6.45, 7) is 0. The molecule has 0 aliphatic rings. The van der Waals surface area contributed by atoms with E-state index in [4.69, 9.17) is 0 Å². The molecule has 0 fully saturated rings. The van der Waals surface area contributed by atoms with E-state index in [2.05, 4.69) is 40.6 Å². The van der Waals surface area contributed by atoms with E-state index in [0.717, 1.165) is 14.5 Å². The predicted octanol–water partition coefficient (Wildman–Crippen LogP) is 3.86. The third-order valence-corrected chi connectivity index (χ3v) is 3.90. The van der Waals surface area contributed by atoms with Crippen LogP contribution in [0.25, 0.3) is 5.69 Å². The van der Waals surface area contributed by atoms with Crippen molar-refractivity contribution in [3.63, 3.8) is 0 Å². The Morgan fingerprint density at radius 3 is 2.08 bits per heavy atom. The summed E-state index contributed by atoms with van der Waals surface area (Å²) in [5.41, 5.74) is -0.294. The number of benzene rings is 2. The second-order valence-corrected chi connectivity index (χ2v) is 6.05. The van der Waals surface area contributed by atoms with Crippen LogP contribution < -0.4 is 5.56 Å². The maximum absolute atomic E-state index is 12.5. The maximum atomic E-state index is 12.5. The number of hydrogen-bond acceptors (Lipinski definition) is 6. The first-order valence-electron chi connectivity index (χ1n) is 7.04. The molecule has 0 aliphatic carbocycles. The van der Waals surface area contributed by atoms with Crippen LogP contribution >= 0.6 is 25.3 Å². The molecule has 0 unspecified atom stereocenters. The summed E-state index contributed by atoms with van der Waals surface area (Å²) in [5.74, 6) is -1.30. The quantitative estimate of drug-likeness (QED) is 0.413. The van der Waals surface area contributed by atoms with Crippen LogP contribution in [0.1, 0.15) is 10.5 Å². The van der Waals surface area contributed by atoms with Crippen molar-refractivity contribution in [2.24, 2.45) is 10.2 Å². The Bertz CT molecular complexity index is 1010. The molecule has 0 radical (unpaired) electrons. The normalized spacial score (nSPS) is 11.1. The zero-order valence-electron chi connectivity index (χ0n) is 12.6. The highest BCUT2D eigenvalue weighted by atomic mass is 32.1. The highest BCUT2D eigenvalue weighted by Gasteiger charge is 2.20. The highest BCUT2D eigenvalue weighted by Crippen LogP contribution is 2.21. The topological polar surface area (TPSA) is 99.8 Å². The van der Waals surface area contributed by atoms with Crippen molar-refractivity contribution in [2.45, 2.75) is 9.79 Å². The number of carboxylic acid groups (broad SMARTS) is 1. The van der Waals surface area contributed by atoms with Gasteiger partial charge in [-0.15, -0.1) is 30.4 Å². The number of hydrogen-bond donors (Lipinski definition) is 4. The van der Waals surface area contributed by atoms with Crippen molar-refractivity contribution in [2.75, 3.05) is 0 Å². The van der Waals surface area contributed by atoms with Gasteiger partial charge in [0.2, 0.25) is 0 Å². The number of nitrogens with zero attached hydrogens (tertiary/aromatic N) is 3. The zero-order valence-corrected chi connectivity index (χ0v) is 14.4. The van der Waals surface area contributed by atoms with Crippen molar-refractivity contribution in [1.29, 1.82) is 0 Å². The van der Waals surface area contributed by atoms with Crippen LogP contribution in [0.4, 0.5) is 11.4 Å². The second kappa shape index (κ2) is 6.99. The van der Waals surface area contributed by atoms with Crippen molar-refractivity contribution in [3.05, 3.63) is 64.6 Å². The third-order valence-electron chi connectivity index (χ3n) is 3.30. The summed E-state index contributed by atoms with van der Waals surface area (Å²) in [4.78, 5) is 25.4. The summed E-state index contributed by atoms with van der Waals surface area (Å²) >= 11 is 8.34. The number of nitrogens with one attached hydrogen (secondary N) is 1. The predicted molar refractivity (Wildman–Crippen MR) is 98.5 cm³/mol. The molecule has 7 nitrogen and oxygen atoms in total. The van der Waals surface area contributed by atoms with E-state index < -0.39 is 11.5 Å². The van der Waals surface area contributed by atoms with Gasteiger partial charge in [-0.2, -0.15) is 5.11 Å². The van der Waals surface area contributed by atoms with Crippen LogP contribution in [0.15, 0.2) is 73.3 Å². The van der Waals surface area contributed by atoms with E-state index in [9.17, 15) is 14.7 Å². The van der Waals surface area contributed by atoms with Gasteiger partial charge < -0.3 is 5.11 Å². The van der Waals surface area contributed by atoms with Crippen LogP contribution in [0.2, 0.25) is 0 Å². The molecule has 25 heavy (non-hydrogen) atoms. The maximum Gasteiger partial charge on any atom is 0.356 e. The van der Waals surface area contributed by atoms with Gasteiger partial charge >= 0.3 is 5.97 Å². The summed E-state index contributed by atoms with van der Waals surface area (Å²) in [7, 11) is 0. The molecule has 3 rings (SSSR count). The van der Waals surface area contributed by atoms with Gasteiger partial charge in [0.25, 0.3) is 5.56 Å². The molecule has 9 heteroatoms. The molecular weight excluding hydrogens is 360 g/mol. The fourth-order valence-electron chi connectivity index (χ4n) is 2.08. The van der Waals surface area contributed by atoms with Gasteiger partial charge in [-0.3, -0.25) is 9.89 Å². The van der Waals surface area contributed by atoms with Crippen molar-refractivity contribution < 1.29 is 9.90 Å². The Balaban J connectivity index is 2.06. The molecule has 126 valence electrons. The monoisotopic (exact) mass is 372 g/mol. The lowest BCUT2D eigenvalue weighted by molar-refractivity contribution is 0.0691. The molecule has 0 saturated heterocycles. The van der Waals surface area contributed by atoms with Crippen molar-refractivity contribution in [1.82, 2.24) is 9.78 Å². The first-order valence-corrected chi connectivity index (χ1v) is 7.93. The summed E-state index contributed by atoms with van der Waals surface area (Å²) < 4.78 is 1.10. The Labute approximate surface area is 152 Å². The molecule has 2 aromatic carbocycles. The molecule has 0 aliphatic heterocycles. The second-order valence-electron chi connectivity index (χ2n) is 5.01. The Morgan fingerprint density at radius 1 is 0.960 bits per heavy atom. The molecule has 1 aromatic heterocycles. The van der Waals surface area contributed by atoms with Crippen LogP contribution in [0, 0.1) is 0 Å². The van der Waals surface area contributed by atoms with E-state index in [1.165, 1.54) is 0 Å². The van der Waals surface area contributed by atoms with E-state index in [0.29, 0.717) is 11.4 Å². The first kappa shape index (κ1) is 17.1. The summed E-state index contributed by atoms with van der Waals surface area (Å²) in [5, 5.41) is 19.6. The number of carboxylic acids is 1. The number of carbonyl (C=O) groups is 1. The van der Waals surface area contributed by atoms with Crippen LogP contribution in [0.3, 0.4) is 0 Å². The minimum absolute atomic E-state index is 0.280. The fraction of sp³-hybridized carbons (Fsp3) is 0. The van der Waals surface area contributed by atoms with Gasteiger partial charge in [0.15, 0.2) is 11.4 Å². The highest BCUT2D eigenvalue weighted by molar-refractivity contribution is 7.80. The lowest BCUT2D eigenvalue weighted by atomic mass is 10.3. The lowest BCUT2D eigenvalue weighted by Gasteiger charge is -2.00. The number of thiol groups is 2. The molecule has 0 amide bonds. The molecule has 3 aromatic rings. The van der Waals surface area contributed by atoms with Gasteiger partial charge in [-0.1, -0.05) is 0 Å². The van der Waals surface area contributed by atoms with E-state index in [1.54, 1.807) is 48.5 Å². The van der Waals surface area contributed by atoms with Crippen LogP contribution in [0.5, 0.6) is 0 Å². The number of rotatable bonds is 4. The molecule has 1 heterocycles. The summed E-state index contributed by atoms with van der Waals surface area (Å²) in [6.07, 6.45) is 0. The minimum Gasteiger partial charge on any atom is -0.476 e. The van der Waals surface area contributed by atoms with Gasteiger partial charge in [-0.25, -0.2) is 9.48 Å². The molecule has 0 saturated carbocycles. The Kier molecular flexibility index (Phi) is 4.77. The SMILES string of the molecule is O=C(O)c1[nH]n(-c2ccc(S)cc2)c(=O)c1N=Nc1ccc(S)cc1. The number of aromatic amines is 1. The van der Waals surface area contributed by atoms with Gasteiger partial charge in [0.05, 0.1) is 11.4 Å². The third kappa shape index (κ3) is 3.67. The molecular formula is C16H12N4O3S2. The number of H-pyrrole nitrogens is 1. The Morgan fingerprint density at radius 2 is 1.52 bits per heavy atom. The number of aromatic carboxylic acids is 1. The summed E-state index contributed by atoms with van der Waals surface area (Å²) in [6, 6.07) is 13.4. The van der Waals surface area contributed by atoms with Gasteiger partial charge in [0.1, 0.15) is 0 Å². The van der Waals surface area contributed by atoms with E-state index >= 15 is 0 Å². The van der Waals surface area contributed by atoms with Crippen LogP contribution in [-0.4, -0.2) is 20.9 Å². The zero-order chi connectivity index (χ0) is 18.0. The fourth-order valence-corrected chi connectivity index (χ4v) is 2.38. The average Bonchev–Trinajstić information content (AvgIpc) is 2.92. The molecule has 0 spiro atoms. The average molecular weight is 372 g/mol. The number of aromatic nitrogens is 2. The molecule has 0 bridgehead atoms. The lowest BCUT2D eigenvalue weighted by Crippen LogP contribution is -2.13. The van der Waals surface area contributed by atoms with Gasteiger partial charge in [-0.05, 0) is 48.5 Å². The van der Waals surface area contributed by atoms with E-state index in [1.807, 2.05) is 0 Å². The first-order chi connectivity index (χ1) is 12.0. The van der Waals surface area contributed by atoms with Crippen molar-refractivity contribution in [3.8, 4) is 5.69 Å². The minimum atomic E-state index is -1.30. The molecule has 0 atom stereocenters. The smallest absolute Gasteiger partial charge is 0.356 e. The molecule has 2 N–H and O–H groups in total. The van der Waals surface area contributed by atoms with E-state index in [-0.39, 0.29) is 11.4 Å². The number of azo groups is 1. The van der Waals surface area contributed by atoms with Crippen LogP contribution in [-0.2, 0) is 0 Å². The standard InChI is InChI=1S/C16H12N4O3S2/c21-15-13(18-17-9-1-5-11(24)6-2-9)14(16(22)23)19-20(15)10-3-7-12(25)8-4-10/h1-8,19,24-25H,(H,22,23). The van der Waals surface area contributed by atoms with Gasteiger partial charge in [0, 0.05) is 9.79 Å². The van der Waals surface area contributed by atoms with Crippen molar-refractivity contribution >= 4 is 42.6 Å².